The summed E-state index contributed by atoms with van der Waals surface area (Å²) in [6.45, 7) is 5.91. The number of hydrogen-bond acceptors (Lipinski definition) is 6. The van der Waals surface area contributed by atoms with Crippen molar-refractivity contribution in [2.24, 2.45) is 4.99 Å². The molecule has 0 spiro atoms. The van der Waals surface area contributed by atoms with Crippen molar-refractivity contribution in [3.05, 3.63) is 77.9 Å². The van der Waals surface area contributed by atoms with Crippen LogP contribution in [0.3, 0.4) is 0 Å². The van der Waals surface area contributed by atoms with Crippen LogP contribution in [0.5, 0.6) is 5.75 Å². The second-order valence-corrected chi connectivity index (χ2v) is 9.54. The second-order valence-electron chi connectivity index (χ2n) is 8.70. The van der Waals surface area contributed by atoms with Gasteiger partial charge in [-0.2, -0.15) is 0 Å². The molecular formula is C29H33N5O3S. The van der Waals surface area contributed by atoms with E-state index >= 15 is 0 Å². The van der Waals surface area contributed by atoms with Crippen LogP contribution < -0.4 is 14.8 Å². The van der Waals surface area contributed by atoms with Crippen LogP contribution in [0.1, 0.15) is 29.8 Å². The van der Waals surface area contributed by atoms with Crippen molar-refractivity contribution in [1.82, 2.24) is 9.80 Å². The van der Waals surface area contributed by atoms with Gasteiger partial charge < -0.3 is 24.6 Å². The molecule has 1 fully saturated rings. The molecule has 0 radical (unpaired) electrons. The Morgan fingerprint density at radius 3 is 2.37 bits per heavy atom. The molecule has 1 aliphatic heterocycles. The van der Waals surface area contributed by atoms with Crippen molar-refractivity contribution in [2.45, 2.75) is 25.2 Å². The summed E-state index contributed by atoms with van der Waals surface area (Å²) < 4.78 is 8.67. The molecule has 1 heterocycles. The fraction of sp³-hybridized carbons (Fsp3) is 0.276. The summed E-state index contributed by atoms with van der Waals surface area (Å²) in [6.07, 6.45) is 2.73. The highest BCUT2D eigenvalue weighted by Gasteiger charge is 2.25. The van der Waals surface area contributed by atoms with Gasteiger partial charge in [-0.3, -0.25) is 9.79 Å². The first-order valence-electron chi connectivity index (χ1n) is 12.7. The van der Waals surface area contributed by atoms with Crippen LogP contribution in [-0.2, 0) is 6.42 Å². The van der Waals surface area contributed by atoms with E-state index < -0.39 is 0 Å². The van der Waals surface area contributed by atoms with Gasteiger partial charge in [-0.05, 0) is 73.3 Å². The Bertz CT molecular complexity index is 1290. The number of nitrogens with zero attached hydrogens (tertiary/aromatic N) is 3. The van der Waals surface area contributed by atoms with Crippen molar-refractivity contribution >= 4 is 47.2 Å². The fourth-order valence-corrected chi connectivity index (χ4v) is 5.03. The van der Waals surface area contributed by atoms with Gasteiger partial charge in [0.2, 0.25) is 0 Å². The summed E-state index contributed by atoms with van der Waals surface area (Å²) in [5.74, 6) is 0.569. The molecule has 2 N–H and O–H groups in total. The van der Waals surface area contributed by atoms with Crippen LogP contribution in [0, 0.1) is 0 Å². The number of carbonyl (C=O) groups is 2. The molecule has 38 heavy (non-hydrogen) atoms. The maximum atomic E-state index is 13.1. The Labute approximate surface area is 228 Å². The molecule has 3 aromatic carbocycles. The molecule has 4 rings (SSSR count). The molecule has 1 aliphatic rings. The van der Waals surface area contributed by atoms with E-state index in [1.54, 1.807) is 29.0 Å². The number of ether oxygens (including phenoxy) is 1. The van der Waals surface area contributed by atoms with E-state index in [1.165, 1.54) is 17.5 Å². The molecule has 0 aromatic heterocycles. The lowest BCUT2D eigenvalue weighted by atomic mass is 10.1. The van der Waals surface area contributed by atoms with Crippen molar-refractivity contribution in [3.8, 4) is 5.75 Å². The molecular weight excluding hydrogens is 498 g/mol. The van der Waals surface area contributed by atoms with E-state index in [2.05, 4.69) is 28.0 Å². The average Bonchev–Trinajstić information content (AvgIpc) is 2.97. The number of hydrogen-bond donors (Lipinski definition) is 2. The number of piperazine rings is 1. The van der Waals surface area contributed by atoms with E-state index in [4.69, 9.17) is 4.74 Å². The first kappa shape index (κ1) is 27.1. The molecule has 9 heteroatoms. The number of benzene rings is 3. The molecule has 0 saturated carbocycles. The van der Waals surface area contributed by atoms with Gasteiger partial charge in [0, 0.05) is 43.6 Å². The summed E-state index contributed by atoms with van der Waals surface area (Å²) in [5.41, 5.74) is 4.33. The van der Waals surface area contributed by atoms with Gasteiger partial charge >= 0.3 is 6.03 Å². The number of amides is 3. The summed E-state index contributed by atoms with van der Waals surface area (Å²) in [7, 11) is 1.57. The van der Waals surface area contributed by atoms with Crippen molar-refractivity contribution in [2.75, 3.05) is 43.3 Å². The Kier molecular flexibility index (Phi) is 9.26. The lowest BCUT2D eigenvalue weighted by Gasteiger charge is -2.34. The number of urea groups is 1. The molecule has 8 nitrogen and oxygen atoms in total. The predicted molar refractivity (Wildman–Crippen MR) is 155 cm³/mol. The topological polar surface area (TPSA) is 86.3 Å². The van der Waals surface area contributed by atoms with Gasteiger partial charge in [0.05, 0.1) is 23.4 Å². The smallest absolute Gasteiger partial charge is 0.322 e. The van der Waals surface area contributed by atoms with Crippen molar-refractivity contribution in [3.63, 3.8) is 0 Å². The zero-order valence-corrected chi connectivity index (χ0v) is 22.8. The second kappa shape index (κ2) is 13.0. The zero-order chi connectivity index (χ0) is 26.9. The Morgan fingerprint density at radius 2 is 1.68 bits per heavy atom. The summed E-state index contributed by atoms with van der Waals surface area (Å²) >= 11 is 1.51. The maximum Gasteiger partial charge on any atom is 0.322 e. The fourth-order valence-electron chi connectivity index (χ4n) is 4.24. The number of aliphatic imine (C=N–C) groups is 1. The minimum atomic E-state index is -0.202. The zero-order valence-electron chi connectivity index (χ0n) is 21.9. The highest BCUT2D eigenvalue weighted by atomic mass is 32.2. The van der Waals surface area contributed by atoms with Crippen LogP contribution in [0.4, 0.5) is 21.9 Å². The molecule has 0 unspecified atom stereocenters. The SMILES string of the molecule is CC=Nc1c(CC)cccc1SNc1ccc(C(=O)N2CCN(C(=O)Nc3ccccc3OC)CC2)cc1. The van der Waals surface area contributed by atoms with E-state index in [0.29, 0.717) is 43.2 Å². The number of rotatable bonds is 8. The van der Waals surface area contributed by atoms with Crippen molar-refractivity contribution < 1.29 is 14.3 Å². The number of aryl methyl sites for hydroxylation is 1. The number of anilines is 2. The summed E-state index contributed by atoms with van der Waals surface area (Å²) in [5, 5.41) is 2.90. The van der Waals surface area contributed by atoms with E-state index in [-0.39, 0.29) is 11.9 Å². The third kappa shape index (κ3) is 6.47. The lowest BCUT2D eigenvalue weighted by molar-refractivity contribution is 0.0671. The van der Waals surface area contributed by atoms with E-state index in [0.717, 1.165) is 22.7 Å². The van der Waals surface area contributed by atoms with Crippen molar-refractivity contribution in [1.29, 1.82) is 0 Å². The maximum absolute atomic E-state index is 13.1. The van der Waals surface area contributed by atoms with E-state index in [9.17, 15) is 9.59 Å². The van der Waals surface area contributed by atoms with Gasteiger partial charge in [0.25, 0.3) is 5.91 Å². The van der Waals surface area contributed by atoms with Crippen LogP contribution in [0.15, 0.2) is 76.6 Å². The summed E-state index contributed by atoms with van der Waals surface area (Å²) in [6, 6.07) is 20.8. The first-order valence-corrected chi connectivity index (χ1v) is 13.5. The number of nitrogens with one attached hydrogen (secondary N) is 2. The highest BCUT2D eigenvalue weighted by molar-refractivity contribution is 8.00. The summed E-state index contributed by atoms with van der Waals surface area (Å²) in [4.78, 5) is 34.9. The van der Waals surface area contributed by atoms with Crippen LogP contribution in [0.2, 0.25) is 0 Å². The van der Waals surface area contributed by atoms with Crippen LogP contribution in [-0.4, -0.2) is 61.2 Å². The van der Waals surface area contributed by atoms with Gasteiger partial charge in [0.1, 0.15) is 5.75 Å². The lowest BCUT2D eigenvalue weighted by Crippen LogP contribution is -2.51. The average molecular weight is 532 g/mol. The Morgan fingerprint density at radius 1 is 0.974 bits per heavy atom. The Balaban J connectivity index is 1.30. The number of carbonyl (C=O) groups excluding carboxylic acids is 2. The van der Waals surface area contributed by atoms with Gasteiger partial charge in [0.15, 0.2) is 0 Å². The molecule has 1 saturated heterocycles. The molecule has 0 atom stereocenters. The van der Waals surface area contributed by atoms with Gasteiger partial charge in [-0.1, -0.05) is 31.2 Å². The molecule has 3 aromatic rings. The quantitative estimate of drug-likeness (QED) is 0.271. The first-order chi connectivity index (χ1) is 18.5. The monoisotopic (exact) mass is 531 g/mol. The minimum absolute atomic E-state index is 0.0378. The third-order valence-corrected chi connectivity index (χ3v) is 7.22. The highest BCUT2D eigenvalue weighted by Crippen LogP contribution is 2.34. The number of methoxy groups -OCH3 is 1. The van der Waals surface area contributed by atoms with E-state index in [1.807, 2.05) is 61.7 Å². The predicted octanol–water partition coefficient (Wildman–Crippen LogP) is 6.09. The largest absolute Gasteiger partial charge is 0.495 e. The van der Waals surface area contributed by atoms with Crippen LogP contribution >= 0.6 is 11.9 Å². The molecule has 0 bridgehead atoms. The van der Waals surface area contributed by atoms with Gasteiger partial charge in [-0.25, -0.2) is 4.79 Å². The molecule has 0 aliphatic carbocycles. The molecule has 198 valence electrons. The van der Waals surface area contributed by atoms with Crippen LogP contribution in [0.25, 0.3) is 0 Å². The number of para-hydroxylation sites is 3. The third-order valence-electron chi connectivity index (χ3n) is 6.34. The minimum Gasteiger partial charge on any atom is -0.495 e. The molecule has 3 amide bonds. The van der Waals surface area contributed by atoms with Gasteiger partial charge in [-0.15, -0.1) is 0 Å². The standard InChI is InChI=1S/C29H33N5O3S/c1-4-21-9-8-12-26(27(21)30-5-2)38-32-23-15-13-22(14-16-23)28(35)33-17-19-34(20-18-33)29(36)31-24-10-6-7-11-25(24)37-3/h5-16,32H,4,17-20H2,1-3H3,(H,31,36). The normalized spacial score (nSPS) is 13.4. The Hall–Kier alpha value is -3.98.